The SMILES string of the molecule is CNC(=O)c1nn(-c2ccc(C=O)cc2)cc1NC(=O)c1coc(-c2ccnc(N(CC(F)(F)F)C(=O)O)c2)n1. The van der Waals surface area contributed by atoms with E-state index in [1.54, 1.807) is 24.3 Å². The number of anilines is 2. The number of aldehydes is 1. The summed E-state index contributed by atoms with van der Waals surface area (Å²) < 4.78 is 45.1. The van der Waals surface area contributed by atoms with Crippen LogP contribution in [0.1, 0.15) is 31.3 Å². The first-order chi connectivity index (χ1) is 19.0. The van der Waals surface area contributed by atoms with Crippen LogP contribution in [-0.4, -0.2) is 68.8 Å². The third-order valence-corrected chi connectivity index (χ3v) is 5.27. The number of hydrogen-bond acceptors (Lipinski definition) is 8. The van der Waals surface area contributed by atoms with Crippen molar-refractivity contribution in [1.29, 1.82) is 0 Å². The van der Waals surface area contributed by atoms with Gasteiger partial charge in [-0.1, -0.05) is 0 Å². The van der Waals surface area contributed by atoms with Gasteiger partial charge < -0.3 is 20.2 Å². The average molecular weight is 557 g/mol. The number of halogens is 3. The fraction of sp³-hybridized carbons (Fsp3) is 0.125. The van der Waals surface area contributed by atoms with Gasteiger partial charge in [-0.3, -0.25) is 19.3 Å². The van der Waals surface area contributed by atoms with Crippen LogP contribution < -0.4 is 15.5 Å². The number of carbonyl (C=O) groups is 4. The average Bonchev–Trinajstić information content (AvgIpc) is 3.59. The van der Waals surface area contributed by atoms with Crippen molar-refractivity contribution >= 4 is 35.7 Å². The molecule has 3 aromatic heterocycles. The Bertz CT molecular complexity index is 1580. The van der Waals surface area contributed by atoms with Crippen molar-refractivity contribution in [2.24, 2.45) is 0 Å². The van der Waals surface area contributed by atoms with Crippen molar-refractivity contribution in [1.82, 2.24) is 25.1 Å². The van der Waals surface area contributed by atoms with E-state index in [1.165, 1.54) is 24.0 Å². The molecule has 0 fully saturated rings. The zero-order valence-corrected chi connectivity index (χ0v) is 20.3. The molecule has 40 heavy (non-hydrogen) atoms. The van der Waals surface area contributed by atoms with Gasteiger partial charge >= 0.3 is 12.3 Å². The normalized spacial score (nSPS) is 11.1. The quantitative estimate of drug-likeness (QED) is 0.275. The van der Waals surface area contributed by atoms with E-state index >= 15 is 0 Å². The molecule has 4 aromatic rings. The second kappa shape index (κ2) is 11.1. The van der Waals surface area contributed by atoms with E-state index in [-0.39, 0.29) is 33.4 Å². The largest absolute Gasteiger partial charge is 0.465 e. The number of carbonyl (C=O) groups excluding carboxylic acids is 3. The molecular formula is C24H18F3N7O6. The Morgan fingerprint density at radius 1 is 1.15 bits per heavy atom. The van der Waals surface area contributed by atoms with E-state index in [0.29, 0.717) is 17.5 Å². The van der Waals surface area contributed by atoms with Crippen LogP contribution in [0, 0.1) is 0 Å². The summed E-state index contributed by atoms with van der Waals surface area (Å²) in [6.45, 7) is -1.79. The van der Waals surface area contributed by atoms with Crippen LogP contribution in [-0.2, 0) is 0 Å². The second-order valence-electron chi connectivity index (χ2n) is 8.00. The summed E-state index contributed by atoms with van der Waals surface area (Å²) in [6, 6.07) is 8.57. The van der Waals surface area contributed by atoms with Crippen LogP contribution in [0.5, 0.6) is 0 Å². The smallest absolute Gasteiger partial charge is 0.413 e. The summed E-state index contributed by atoms with van der Waals surface area (Å²) in [5.74, 6) is -2.15. The number of benzene rings is 1. The van der Waals surface area contributed by atoms with E-state index in [1.807, 2.05) is 0 Å². The van der Waals surface area contributed by atoms with Crippen LogP contribution in [0.4, 0.5) is 29.5 Å². The van der Waals surface area contributed by atoms with Crippen molar-refractivity contribution in [3.63, 3.8) is 0 Å². The molecule has 13 nitrogen and oxygen atoms in total. The Labute approximate surface area is 222 Å². The topological polar surface area (TPSA) is 173 Å². The van der Waals surface area contributed by atoms with E-state index in [0.717, 1.165) is 18.5 Å². The maximum absolute atomic E-state index is 12.9. The first-order valence-corrected chi connectivity index (χ1v) is 11.2. The Hall–Kier alpha value is -5.54. The van der Waals surface area contributed by atoms with Gasteiger partial charge in [0.15, 0.2) is 11.4 Å². The van der Waals surface area contributed by atoms with Crippen LogP contribution in [0.2, 0.25) is 0 Å². The van der Waals surface area contributed by atoms with Gasteiger partial charge in [-0.05, 0) is 36.4 Å². The number of hydrogen-bond donors (Lipinski definition) is 3. The third kappa shape index (κ3) is 6.12. The summed E-state index contributed by atoms with van der Waals surface area (Å²) in [5, 5.41) is 18.3. The molecule has 0 saturated heterocycles. The van der Waals surface area contributed by atoms with Crippen molar-refractivity contribution in [2.45, 2.75) is 6.18 Å². The molecule has 0 unspecified atom stereocenters. The van der Waals surface area contributed by atoms with Gasteiger partial charge in [0, 0.05) is 24.4 Å². The highest BCUT2D eigenvalue weighted by atomic mass is 19.4. The second-order valence-corrected chi connectivity index (χ2v) is 8.00. The molecule has 3 N–H and O–H groups in total. The fourth-order valence-electron chi connectivity index (χ4n) is 3.41. The highest BCUT2D eigenvalue weighted by molar-refractivity contribution is 6.07. The number of alkyl halides is 3. The van der Waals surface area contributed by atoms with Gasteiger partial charge in [-0.15, -0.1) is 0 Å². The summed E-state index contributed by atoms with van der Waals surface area (Å²) >= 11 is 0. The molecule has 0 spiro atoms. The number of carboxylic acid groups (broad SMARTS) is 1. The predicted molar refractivity (Wildman–Crippen MR) is 131 cm³/mol. The summed E-state index contributed by atoms with van der Waals surface area (Å²) in [6.07, 6.45) is -2.62. The number of nitrogens with zero attached hydrogens (tertiary/aromatic N) is 5. The Morgan fingerprint density at radius 3 is 2.50 bits per heavy atom. The third-order valence-electron chi connectivity index (χ3n) is 5.27. The number of oxazole rings is 1. The minimum absolute atomic E-state index is 0.00448. The van der Waals surface area contributed by atoms with Gasteiger partial charge in [0.1, 0.15) is 24.9 Å². The van der Waals surface area contributed by atoms with Gasteiger partial charge in [-0.2, -0.15) is 18.3 Å². The van der Waals surface area contributed by atoms with Crippen LogP contribution in [0.3, 0.4) is 0 Å². The van der Waals surface area contributed by atoms with Crippen LogP contribution in [0.25, 0.3) is 17.1 Å². The van der Waals surface area contributed by atoms with Crippen molar-refractivity contribution < 1.29 is 41.9 Å². The number of nitrogens with one attached hydrogen (secondary N) is 2. The van der Waals surface area contributed by atoms with Crippen LogP contribution >= 0.6 is 0 Å². The van der Waals surface area contributed by atoms with Gasteiger partial charge in [0.2, 0.25) is 5.89 Å². The first kappa shape index (κ1) is 27.5. The molecule has 3 heterocycles. The number of amides is 3. The maximum atomic E-state index is 12.9. The molecule has 0 aliphatic carbocycles. The predicted octanol–water partition coefficient (Wildman–Crippen LogP) is 3.39. The lowest BCUT2D eigenvalue weighted by Crippen LogP contribution is -2.38. The highest BCUT2D eigenvalue weighted by Gasteiger charge is 2.34. The molecule has 0 bridgehead atoms. The van der Waals surface area contributed by atoms with Crippen molar-refractivity contribution in [3.05, 3.63) is 72.0 Å². The summed E-state index contributed by atoms with van der Waals surface area (Å²) in [4.78, 5) is 55.2. The molecule has 1 aromatic carbocycles. The minimum atomic E-state index is -4.81. The molecule has 0 aliphatic rings. The zero-order chi connectivity index (χ0) is 29.0. The lowest BCUT2D eigenvalue weighted by Gasteiger charge is -2.19. The Morgan fingerprint density at radius 2 is 1.88 bits per heavy atom. The van der Waals surface area contributed by atoms with Crippen LogP contribution in [0.15, 0.2) is 59.5 Å². The monoisotopic (exact) mass is 557 g/mol. The van der Waals surface area contributed by atoms with Crippen molar-refractivity contribution in [3.8, 4) is 17.1 Å². The summed E-state index contributed by atoms with van der Waals surface area (Å²) in [5.41, 5.74) is 0.601. The lowest BCUT2D eigenvalue weighted by molar-refractivity contribution is -0.119. The molecule has 16 heteroatoms. The fourth-order valence-corrected chi connectivity index (χ4v) is 3.41. The zero-order valence-electron chi connectivity index (χ0n) is 20.3. The van der Waals surface area contributed by atoms with Gasteiger partial charge in [0.05, 0.1) is 17.6 Å². The molecule has 0 aliphatic heterocycles. The summed E-state index contributed by atoms with van der Waals surface area (Å²) in [7, 11) is 1.37. The minimum Gasteiger partial charge on any atom is -0.465 e. The van der Waals surface area contributed by atoms with E-state index in [9.17, 15) is 37.5 Å². The highest BCUT2D eigenvalue weighted by Crippen LogP contribution is 2.26. The van der Waals surface area contributed by atoms with Gasteiger partial charge in [-0.25, -0.2) is 19.4 Å². The first-order valence-electron chi connectivity index (χ1n) is 11.2. The Balaban J connectivity index is 1.58. The molecule has 4 rings (SSSR count). The molecule has 0 saturated carbocycles. The molecule has 206 valence electrons. The van der Waals surface area contributed by atoms with E-state index in [4.69, 9.17) is 4.42 Å². The van der Waals surface area contributed by atoms with E-state index in [2.05, 4.69) is 25.7 Å². The molecule has 0 radical (unpaired) electrons. The Kier molecular flexibility index (Phi) is 7.60. The molecule has 3 amide bonds. The maximum Gasteiger partial charge on any atom is 0.413 e. The standard InChI is InChI=1S/C24H18F3N7O6/c1-28-21(37)19-16(9-34(32-19)15-4-2-13(10-35)3-5-15)30-20(36)17-11-40-22(31-17)14-6-7-29-18(8-14)33(23(38)39)12-24(25,26)27/h2-11H,12H2,1H3,(H,28,37)(H,30,36)(H,38,39). The number of rotatable bonds is 8. The number of aromatic nitrogens is 4. The van der Waals surface area contributed by atoms with Gasteiger partial charge in [0.25, 0.3) is 11.8 Å². The lowest BCUT2D eigenvalue weighted by atomic mass is 10.2. The number of pyridine rings is 1. The molecular weight excluding hydrogens is 539 g/mol. The van der Waals surface area contributed by atoms with Crippen molar-refractivity contribution in [2.75, 3.05) is 23.8 Å². The molecule has 0 atom stereocenters. The van der Waals surface area contributed by atoms with E-state index < -0.39 is 36.4 Å².